The Kier molecular flexibility index (Phi) is 8.95. The van der Waals surface area contributed by atoms with Crippen molar-refractivity contribution in [3.05, 3.63) is 0 Å². The Morgan fingerprint density at radius 1 is 1.17 bits per heavy atom. The molecule has 0 rings (SSSR count). The molecule has 0 aliphatic carbocycles. The van der Waals surface area contributed by atoms with Gasteiger partial charge in [0.05, 0.1) is 0 Å². The highest BCUT2D eigenvalue weighted by atomic mass is 14.9. The maximum atomic E-state index is 5.40. The van der Waals surface area contributed by atoms with E-state index >= 15 is 0 Å². The molecule has 0 aliphatic rings. The van der Waals surface area contributed by atoms with Gasteiger partial charge in [0, 0.05) is 13.1 Å². The van der Waals surface area contributed by atoms with Gasteiger partial charge in [0.1, 0.15) is 0 Å². The summed E-state index contributed by atoms with van der Waals surface area (Å²) in [6.45, 7) is 7.38. The molecule has 0 bridgehead atoms. The van der Waals surface area contributed by atoms with E-state index in [1.807, 2.05) is 0 Å². The zero-order valence-corrected chi connectivity index (χ0v) is 8.60. The Morgan fingerprint density at radius 3 is 2.17 bits per heavy atom. The van der Waals surface area contributed by atoms with E-state index in [0.29, 0.717) is 0 Å². The molecule has 0 aromatic carbocycles. The lowest BCUT2D eigenvalue weighted by Gasteiger charge is -2.15. The predicted molar refractivity (Wildman–Crippen MR) is 55.2 cm³/mol. The van der Waals surface area contributed by atoms with E-state index in [9.17, 15) is 0 Å². The van der Waals surface area contributed by atoms with Crippen LogP contribution in [-0.4, -0.2) is 19.6 Å². The molecule has 0 aromatic heterocycles. The highest BCUT2D eigenvalue weighted by Gasteiger charge is 2.04. The molecule has 0 unspecified atom stereocenters. The van der Waals surface area contributed by atoms with Crippen LogP contribution in [0.2, 0.25) is 0 Å². The highest BCUT2D eigenvalue weighted by Crippen LogP contribution is 2.11. The summed E-state index contributed by atoms with van der Waals surface area (Å²) in [6.07, 6.45) is 5.31. The molecule has 2 nitrogen and oxygen atoms in total. The second-order valence-electron chi connectivity index (χ2n) is 3.44. The second-order valence-corrected chi connectivity index (χ2v) is 3.44. The van der Waals surface area contributed by atoms with Crippen LogP contribution in [-0.2, 0) is 0 Å². The number of nitrogens with two attached hydrogens (primary N) is 1. The van der Waals surface area contributed by atoms with E-state index in [0.717, 1.165) is 25.6 Å². The summed E-state index contributed by atoms with van der Waals surface area (Å²) in [4.78, 5) is 0. The molecule has 74 valence electrons. The first-order valence-corrected chi connectivity index (χ1v) is 5.25. The van der Waals surface area contributed by atoms with Crippen molar-refractivity contribution in [2.24, 2.45) is 11.7 Å². The molecule has 0 spiro atoms. The van der Waals surface area contributed by atoms with Gasteiger partial charge in [-0.05, 0) is 25.3 Å². The number of hydrogen-bond donors (Lipinski definition) is 2. The summed E-state index contributed by atoms with van der Waals surface area (Å²) in [5.74, 6) is 0.867. The molecular formula is C10H24N2. The van der Waals surface area contributed by atoms with Crippen molar-refractivity contribution in [1.82, 2.24) is 5.32 Å². The topological polar surface area (TPSA) is 38.0 Å². The van der Waals surface area contributed by atoms with E-state index in [-0.39, 0.29) is 0 Å². The summed E-state index contributed by atoms with van der Waals surface area (Å²) in [5, 5.41) is 3.38. The van der Waals surface area contributed by atoms with Gasteiger partial charge in [-0.25, -0.2) is 0 Å². The predicted octanol–water partition coefficient (Wildman–Crippen LogP) is 1.75. The Hall–Kier alpha value is -0.0800. The van der Waals surface area contributed by atoms with Gasteiger partial charge in [0.25, 0.3) is 0 Å². The van der Waals surface area contributed by atoms with E-state index in [1.165, 1.54) is 25.7 Å². The lowest BCUT2D eigenvalue weighted by atomic mass is 9.98. The van der Waals surface area contributed by atoms with Crippen molar-refractivity contribution in [1.29, 1.82) is 0 Å². The summed E-state index contributed by atoms with van der Waals surface area (Å²) in [5.41, 5.74) is 5.40. The monoisotopic (exact) mass is 172 g/mol. The van der Waals surface area contributed by atoms with Crippen LogP contribution in [0.5, 0.6) is 0 Å². The fourth-order valence-corrected chi connectivity index (χ4v) is 1.57. The molecule has 0 radical (unpaired) electrons. The molecule has 0 saturated carbocycles. The number of hydrogen-bond acceptors (Lipinski definition) is 2. The van der Waals surface area contributed by atoms with Crippen molar-refractivity contribution in [2.75, 3.05) is 19.6 Å². The summed E-state index contributed by atoms with van der Waals surface area (Å²) in [7, 11) is 0. The molecule has 0 fully saturated rings. The Labute approximate surface area is 76.9 Å². The van der Waals surface area contributed by atoms with Gasteiger partial charge < -0.3 is 11.1 Å². The molecule has 0 amide bonds. The van der Waals surface area contributed by atoms with Gasteiger partial charge in [-0.3, -0.25) is 0 Å². The average Bonchev–Trinajstić information content (AvgIpc) is 2.06. The molecule has 0 atom stereocenters. The van der Waals surface area contributed by atoms with Crippen molar-refractivity contribution in [3.8, 4) is 0 Å². The van der Waals surface area contributed by atoms with Gasteiger partial charge in [-0.1, -0.05) is 26.7 Å². The van der Waals surface area contributed by atoms with Gasteiger partial charge in [0.2, 0.25) is 0 Å². The van der Waals surface area contributed by atoms with E-state index in [4.69, 9.17) is 5.73 Å². The van der Waals surface area contributed by atoms with Gasteiger partial charge in [-0.15, -0.1) is 0 Å². The summed E-state index contributed by atoms with van der Waals surface area (Å²) >= 11 is 0. The van der Waals surface area contributed by atoms with E-state index in [1.54, 1.807) is 0 Å². The normalized spacial score (nSPS) is 11.0. The molecule has 0 aliphatic heterocycles. The largest absolute Gasteiger partial charge is 0.329 e. The first-order chi connectivity index (χ1) is 5.85. The third-order valence-electron chi connectivity index (χ3n) is 2.15. The third kappa shape index (κ3) is 6.62. The highest BCUT2D eigenvalue weighted by molar-refractivity contribution is 4.61. The molecule has 12 heavy (non-hydrogen) atoms. The maximum absolute atomic E-state index is 5.40. The van der Waals surface area contributed by atoms with Crippen LogP contribution in [0.15, 0.2) is 0 Å². The smallest absolute Gasteiger partial charge is 0.00746 e. The van der Waals surface area contributed by atoms with E-state index in [2.05, 4.69) is 19.2 Å². The Bertz CT molecular complexity index is 77.9. The minimum atomic E-state index is 0.755. The minimum Gasteiger partial charge on any atom is -0.329 e. The second kappa shape index (κ2) is 9.01. The summed E-state index contributed by atoms with van der Waals surface area (Å²) < 4.78 is 0. The maximum Gasteiger partial charge on any atom is 0.00746 e. The third-order valence-corrected chi connectivity index (χ3v) is 2.15. The average molecular weight is 172 g/mol. The first kappa shape index (κ1) is 11.9. The van der Waals surface area contributed by atoms with Crippen LogP contribution in [0.25, 0.3) is 0 Å². The lowest BCUT2D eigenvalue weighted by Crippen LogP contribution is -2.28. The van der Waals surface area contributed by atoms with Crippen molar-refractivity contribution in [2.45, 2.75) is 39.5 Å². The van der Waals surface area contributed by atoms with Crippen LogP contribution in [0.4, 0.5) is 0 Å². The Balaban J connectivity index is 3.34. The van der Waals surface area contributed by atoms with Crippen LogP contribution in [0, 0.1) is 5.92 Å². The van der Waals surface area contributed by atoms with Crippen molar-refractivity contribution >= 4 is 0 Å². The van der Waals surface area contributed by atoms with Crippen molar-refractivity contribution in [3.63, 3.8) is 0 Å². The van der Waals surface area contributed by atoms with Crippen LogP contribution in [0.3, 0.4) is 0 Å². The minimum absolute atomic E-state index is 0.755. The van der Waals surface area contributed by atoms with Crippen LogP contribution < -0.4 is 11.1 Å². The molecule has 0 heterocycles. The Morgan fingerprint density at radius 2 is 1.75 bits per heavy atom. The van der Waals surface area contributed by atoms with Gasteiger partial charge in [-0.2, -0.15) is 0 Å². The molecule has 0 saturated heterocycles. The molecule has 2 heteroatoms. The lowest BCUT2D eigenvalue weighted by molar-refractivity contribution is 0.413. The first-order valence-electron chi connectivity index (χ1n) is 5.25. The standard InChI is InChI=1S/C10H24N2/c1-3-5-10(6-4-2)9-12-8-7-11/h10,12H,3-9,11H2,1-2H3. The summed E-state index contributed by atoms with van der Waals surface area (Å²) in [6, 6.07) is 0. The number of nitrogens with one attached hydrogen (secondary N) is 1. The van der Waals surface area contributed by atoms with E-state index < -0.39 is 0 Å². The van der Waals surface area contributed by atoms with Gasteiger partial charge in [0.15, 0.2) is 0 Å². The number of rotatable bonds is 8. The molecule has 3 N–H and O–H groups in total. The van der Waals surface area contributed by atoms with Gasteiger partial charge >= 0.3 is 0 Å². The SMILES string of the molecule is CCCC(CCC)CNCCN. The quantitative estimate of drug-likeness (QED) is 0.547. The zero-order chi connectivity index (χ0) is 9.23. The zero-order valence-electron chi connectivity index (χ0n) is 8.60. The van der Waals surface area contributed by atoms with Crippen LogP contribution in [0.1, 0.15) is 39.5 Å². The fourth-order valence-electron chi connectivity index (χ4n) is 1.57. The van der Waals surface area contributed by atoms with Crippen molar-refractivity contribution < 1.29 is 0 Å². The molecule has 0 aromatic rings. The fraction of sp³-hybridized carbons (Fsp3) is 1.00. The molecular weight excluding hydrogens is 148 g/mol. The van der Waals surface area contributed by atoms with Crippen LogP contribution >= 0.6 is 0 Å².